The van der Waals surface area contributed by atoms with Crippen molar-refractivity contribution in [1.29, 1.82) is 0 Å². The Morgan fingerprint density at radius 1 is 0.437 bits per heavy atom. The molecule has 119 heavy (non-hydrogen) atoms. The van der Waals surface area contributed by atoms with Crippen molar-refractivity contribution in [2.24, 2.45) is 17.8 Å². The lowest BCUT2D eigenvalue weighted by molar-refractivity contribution is -0.112. The van der Waals surface area contributed by atoms with Crippen LogP contribution in [0.25, 0.3) is 6.08 Å². The first kappa shape index (κ1) is 96.9. The van der Waals surface area contributed by atoms with Crippen molar-refractivity contribution in [2.75, 3.05) is 18.7 Å². The lowest BCUT2D eigenvalue weighted by atomic mass is 10.00. The maximum Gasteiger partial charge on any atom is 0.330 e. The number of aldehydes is 1. The van der Waals surface area contributed by atoms with Crippen LogP contribution >= 0.6 is 48.7 Å². The molecule has 0 amide bonds. The molecule has 11 N–H and O–H groups in total. The number of aliphatic hydroxyl groups is 4. The summed E-state index contributed by atoms with van der Waals surface area (Å²) >= 11 is -1.86. The molecule has 0 radical (unpaired) electrons. The third-order valence-corrected chi connectivity index (χ3v) is 19.7. The summed E-state index contributed by atoms with van der Waals surface area (Å²) in [6, 6.07) is 17.3. The van der Waals surface area contributed by atoms with Gasteiger partial charge in [0, 0.05) is 149 Å². The first-order chi connectivity index (χ1) is 59.3. The van der Waals surface area contributed by atoms with E-state index < -0.39 is 146 Å². The van der Waals surface area contributed by atoms with Gasteiger partial charge in [0.15, 0.2) is 11.1 Å². The molecule has 2 unspecified atom stereocenters. The van der Waals surface area contributed by atoms with Crippen molar-refractivity contribution in [3.8, 4) is 0 Å². The summed E-state index contributed by atoms with van der Waals surface area (Å²) < 4.78 is 141. The summed E-state index contributed by atoms with van der Waals surface area (Å²) in [6.07, 6.45) is 7.57. The van der Waals surface area contributed by atoms with E-state index in [0.29, 0.717) is 79.9 Å². The van der Waals surface area contributed by atoms with Gasteiger partial charge in [0.05, 0.1) is 54.8 Å². The molecule has 0 saturated carbocycles. The Morgan fingerprint density at radius 3 is 1.06 bits per heavy atom. The van der Waals surface area contributed by atoms with Crippen LogP contribution in [0.4, 0.5) is 0 Å². The Kier molecular flexibility index (Phi) is 45.8. The lowest BCUT2D eigenvalue weighted by Crippen LogP contribution is -2.31. The highest BCUT2D eigenvalue weighted by Crippen LogP contribution is 2.39. The maximum atomic E-state index is 11.9. The van der Waals surface area contributed by atoms with Crippen LogP contribution in [0, 0.1) is 17.8 Å². The van der Waals surface area contributed by atoms with Crippen molar-refractivity contribution in [1.82, 2.24) is 57.3 Å². The molecule has 7 aromatic rings. The van der Waals surface area contributed by atoms with Crippen LogP contribution in [0.5, 0.6) is 0 Å². The third-order valence-electron chi connectivity index (χ3n) is 16.9. The fraction of sp³-hybridized carbons (Fsp3) is 0.492. The van der Waals surface area contributed by atoms with Crippen LogP contribution < -0.4 is 67.5 Å². The summed E-state index contributed by atoms with van der Waals surface area (Å²) in [7, 11) is 14.4. The highest BCUT2D eigenvalue weighted by atomic mass is 32.4. The molecule has 6 aliphatic heterocycles. The van der Waals surface area contributed by atoms with E-state index in [0.717, 1.165) is 11.8 Å². The van der Waals surface area contributed by atoms with Gasteiger partial charge in [0.1, 0.15) is 104 Å². The van der Waals surface area contributed by atoms with Crippen LogP contribution in [0.3, 0.4) is 0 Å². The predicted molar refractivity (Wildman–Crippen MR) is 456 cm³/mol. The molecular formula is C65H88N12O30P6S6. The molecule has 54 heteroatoms. The van der Waals surface area contributed by atoms with Crippen molar-refractivity contribution >= 4 is 126 Å². The summed E-state index contributed by atoms with van der Waals surface area (Å²) in [4.78, 5) is 159. The minimum Gasteiger partial charge on any atom is -0.396 e. The molecule has 0 aliphatic carbocycles. The van der Waals surface area contributed by atoms with E-state index in [9.17, 15) is 76.8 Å². The molecule has 13 rings (SSSR count). The molecule has 6 aliphatic rings. The Bertz CT molecular complexity index is 5380. The van der Waals surface area contributed by atoms with Crippen molar-refractivity contribution in [2.45, 2.75) is 165 Å². The lowest BCUT2D eigenvalue weighted by Gasteiger charge is -2.13. The summed E-state index contributed by atoms with van der Waals surface area (Å²) in [6.45, 7) is -0.274. The zero-order chi connectivity index (χ0) is 92.7. The molecule has 6 fully saturated rings. The van der Waals surface area contributed by atoms with Gasteiger partial charge >= 0.3 is 34.1 Å². The fourth-order valence-electron chi connectivity index (χ4n) is 11.3. The standard InChI is InChI=1S/C17H18N2O3.C10H15N2O5PS.C10H14N2O4.C10H12N2O4.C9H12N2O5.C9H12N2O4.5HOPS/c1-12-14(8-7-13-5-3-2-4-6-13)11-16(22-12)19-10-9-15(20)18-17(19)21;1-6-7(18-5-19(15)16)4-9(17-6)12-3-2-8(13)11-10(12)14;2*1-6-7(5-13)4-9(16-6)12-3-2-8(14)11-10(12)15;12-4-6-5(13)3-8(16-6)11-2-1-7(14)10-9(11)15;1-5-6(12)4-8(15-5)11-3-2-7(13)10-9(11)14;5*1-3-2/h2-10,12,14,16H,11H2,1H3,(H,18,20,21);2-3,6-7,9,18H,4-5H2,1H3,(H,15,16)(H,11,13,14);2-3,6-7,9,13H,4-5H2,1H3,(H,11,14,15);2-3,5-7,9H,4H2,1H3,(H,11,14,15);1-2,5-6,8,12-13H,3-4H2,(H,10,14,15);2-3,5-6,8,12H,4H2,1H3,(H,10,13,14);5*2H/b8-7+;;;;;;;;;;/t12-,14+,16-;6-,7+,9-;2*6-,7-,9-;5-,6+,8+;5-,6+,8-;;;;;/m111101...../s1/i4*1T;;1T;;;;;. The first-order valence-electron chi connectivity index (χ1n) is 37.5. The molecule has 6 saturated heterocycles. The zero-order valence-electron chi connectivity index (χ0n) is 66.9. The summed E-state index contributed by atoms with van der Waals surface area (Å²) in [5.74, 6) is -0.468. The Balaban J connectivity index is 0.000000373. The number of aliphatic hydroxyl groups excluding tert-OH is 4. The average Bonchev–Trinajstić information content (AvgIpc) is 1.69. The fourth-order valence-corrected chi connectivity index (χ4v) is 13.4. The monoisotopic (exact) mass is 1900 g/mol. The van der Waals surface area contributed by atoms with Gasteiger partial charge in [0.25, 0.3) is 33.4 Å². The topological polar surface area (TPSA) is 605 Å². The predicted octanol–water partition coefficient (Wildman–Crippen LogP) is 0.0237. The van der Waals surface area contributed by atoms with Crippen LogP contribution in [0.2, 0.25) is 0 Å². The van der Waals surface area contributed by atoms with E-state index in [-0.39, 0.29) is 116 Å². The number of hydrogen-bond donors (Lipinski definition) is 11. The number of ether oxygens (including phenoxy) is 6. The molecule has 0 spiro atoms. The number of nitrogens with zero attached hydrogens (tertiary/aromatic N) is 6. The number of H-pyrrole nitrogens is 6. The second-order valence-electron chi connectivity index (χ2n) is 24.5. The number of hydrogen-bond acceptors (Lipinski definition) is 29. The zero-order valence-corrected chi connectivity index (χ0v) is 72.8. The SMILES string of the molecule is O=S=P.O=S=P.O=S=P.O=S=P.O=S=P.O=c1ccn([C@H]2C[C@H](O)[C@@H](CO)O2)c(=O)[nH]1.[3H]C[C@H]1O[C@@H](n2ccc(=O)[nH]c2=O)C[C@@H]1/C=C/c1ccccc1.[3H]C[C@H]1O[C@@H](n2ccc(=O)[nH]c2=O)C[C@@H]1C=O.[3H]C[C@H]1O[C@@H](n2ccc(=O)[nH]c2=O)C[C@@H]1CO.[3H]C[C@H]1O[C@@H](n2ccc(=O)[nH]c2=O)C[C@@H]1O.[3H]C[C@H]1O[C@@H](n2ccc(=O)[nH]c2=O)C[C@@H]1PCS(=O)O. The van der Waals surface area contributed by atoms with Crippen LogP contribution in [-0.2, 0) is 98.5 Å². The minimum atomic E-state index is -1.86. The average molecular weight is 1910 g/mol. The smallest absolute Gasteiger partial charge is 0.330 e. The van der Waals surface area contributed by atoms with Crippen molar-refractivity contribution in [3.63, 3.8) is 0 Å². The summed E-state index contributed by atoms with van der Waals surface area (Å²) in [5.41, 5.74) is -4.91. The second-order valence-corrected chi connectivity index (χ2v) is 30.8. The molecule has 0 bridgehead atoms. The maximum absolute atomic E-state index is 11.9. The molecular weight excluding hydrogens is 1810 g/mol. The van der Waals surface area contributed by atoms with Gasteiger partial charge in [-0.1, -0.05) is 42.5 Å². The normalized spacial score (nSPS) is 26.0. The molecule has 1 aromatic carbocycles. The molecule has 42 nitrogen and oxygen atoms in total. The Labute approximate surface area is 711 Å². The van der Waals surface area contributed by atoms with Crippen molar-refractivity contribution < 1.29 is 90.3 Å². The van der Waals surface area contributed by atoms with Gasteiger partial charge in [-0.05, 0) is 80.1 Å². The van der Waals surface area contributed by atoms with E-state index in [2.05, 4.69) is 70.0 Å². The molecule has 654 valence electrons. The first-order valence-corrected chi connectivity index (χ1v) is 46.3. The third kappa shape index (κ3) is 35.8. The van der Waals surface area contributed by atoms with Crippen LogP contribution in [0.15, 0.2) is 168 Å². The number of rotatable bonds is 14. The largest absolute Gasteiger partial charge is 0.396 e. The Hall–Kier alpha value is -7.55. The van der Waals surface area contributed by atoms with E-state index in [1.807, 2.05) is 42.5 Å². The highest BCUT2D eigenvalue weighted by molar-refractivity contribution is 7.94. The number of carbonyl (C=O) groups excluding carboxylic acids is 1. The van der Waals surface area contributed by atoms with Crippen LogP contribution in [0.1, 0.15) is 123 Å². The molecule has 20 atom stereocenters. The van der Waals surface area contributed by atoms with E-state index >= 15 is 0 Å². The van der Waals surface area contributed by atoms with Gasteiger partial charge in [0.2, 0.25) is 0 Å². The quantitative estimate of drug-likeness (QED) is 0.0388. The van der Waals surface area contributed by atoms with Gasteiger partial charge in [-0.15, -0.1) is 8.58 Å². The Morgan fingerprint density at radius 2 is 0.748 bits per heavy atom. The number of aromatic nitrogens is 12. The number of carbonyl (C=O) groups is 1. The van der Waals surface area contributed by atoms with Crippen molar-refractivity contribution in [3.05, 3.63) is 241 Å². The minimum absolute atomic E-state index is 0.0209. The van der Waals surface area contributed by atoms with Crippen LogP contribution in [-0.4, -0.2) is 187 Å². The molecule has 6 aromatic heterocycles. The number of nitrogens with one attached hydrogen (secondary N) is 6. The van der Waals surface area contributed by atoms with Gasteiger partial charge in [-0.2, -0.15) is 0 Å². The number of benzene rings is 1. The van der Waals surface area contributed by atoms with E-state index in [1.165, 1.54) is 101 Å². The van der Waals surface area contributed by atoms with Gasteiger partial charge in [-0.3, -0.25) is 86.1 Å². The second kappa shape index (κ2) is 56.2. The number of aromatic amines is 6. The molecule has 12 heterocycles. The van der Waals surface area contributed by atoms with Gasteiger partial charge in [-0.25, -0.2) is 54.0 Å². The van der Waals surface area contributed by atoms with E-state index in [4.69, 9.17) is 71.1 Å². The van der Waals surface area contributed by atoms with Gasteiger partial charge < -0.3 is 58.2 Å². The highest BCUT2D eigenvalue weighted by Gasteiger charge is 2.38. The summed E-state index contributed by atoms with van der Waals surface area (Å²) in [5, 5.41) is 37.0. The van der Waals surface area contributed by atoms with E-state index in [1.54, 1.807) is 0 Å².